The van der Waals surface area contributed by atoms with Crippen LogP contribution < -0.4 is 9.47 Å². The van der Waals surface area contributed by atoms with E-state index in [4.69, 9.17) is 14.2 Å². The van der Waals surface area contributed by atoms with Crippen molar-refractivity contribution in [1.29, 1.82) is 0 Å². The molecule has 0 spiro atoms. The van der Waals surface area contributed by atoms with Crippen LogP contribution in [-0.4, -0.2) is 81.7 Å². The zero-order valence-corrected chi connectivity index (χ0v) is 18.7. The molecule has 1 aliphatic carbocycles. The molecule has 2 rings (SSSR count). The highest BCUT2D eigenvalue weighted by Gasteiger charge is 2.17. The average molecular weight is 409 g/mol. The van der Waals surface area contributed by atoms with Gasteiger partial charge in [-0.1, -0.05) is 25.3 Å². The molecule has 0 bridgehead atoms. The first-order valence-corrected chi connectivity index (χ1v) is 10.9. The molecular formula is C23H40N2O4. The molecule has 0 heterocycles. The molecule has 0 aliphatic heterocycles. The second-order valence-electron chi connectivity index (χ2n) is 8.43. The van der Waals surface area contributed by atoms with E-state index >= 15 is 0 Å². The Balaban J connectivity index is 1.75. The molecule has 1 N–H and O–H groups in total. The van der Waals surface area contributed by atoms with Gasteiger partial charge in [0.1, 0.15) is 0 Å². The van der Waals surface area contributed by atoms with Gasteiger partial charge in [0.25, 0.3) is 0 Å². The van der Waals surface area contributed by atoms with Gasteiger partial charge in [-0.05, 0) is 58.1 Å². The Morgan fingerprint density at radius 2 is 1.86 bits per heavy atom. The van der Waals surface area contributed by atoms with E-state index in [9.17, 15) is 5.11 Å². The van der Waals surface area contributed by atoms with Crippen LogP contribution in [0.4, 0.5) is 0 Å². The van der Waals surface area contributed by atoms with Gasteiger partial charge in [0.15, 0.2) is 11.5 Å². The number of hydrogen-bond acceptors (Lipinski definition) is 6. The summed E-state index contributed by atoms with van der Waals surface area (Å²) in [5.74, 6) is 1.53. The van der Waals surface area contributed by atoms with Crippen LogP contribution in [-0.2, 0) is 11.3 Å². The van der Waals surface area contributed by atoms with Crippen LogP contribution in [0.5, 0.6) is 11.5 Å². The number of rotatable bonds is 13. The molecule has 1 atom stereocenters. The number of nitrogens with zero attached hydrogens (tertiary/aromatic N) is 2. The van der Waals surface area contributed by atoms with Crippen molar-refractivity contribution in [3.8, 4) is 11.5 Å². The predicted octanol–water partition coefficient (Wildman–Crippen LogP) is 3.17. The minimum atomic E-state index is -0.469. The molecule has 0 amide bonds. The Kier molecular flexibility index (Phi) is 10.8. The fourth-order valence-electron chi connectivity index (χ4n) is 3.76. The first-order valence-electron chi connectivity index (χ1n) is 10.9. The number of hydrogen-bond donors (Lipinski definition) is 1. The summed E-state index contributed by atoms with van der Waals surface area (Å²) in [4.78, 5) is 4.26. The summed E-state index contributed by atoms with van der Waals surface area (Å²) in [6.07, 6.45) is 6.91. The van der Waals surface area contributed by atoms with E-state index in [0.29, 0.717) is 25.9 Å². The Morgan fingerprint density at radius 3 is 2.55 bits per heavy atom. The first kappa shape index (κ1) is 23.9. The van der Waals surface area contributed by atoms with Gasteiger partial charge >= 0.3 is 0 Å². The molecule has 0 radical (unpaired) electrons. The van der Waals surface area contributed by atoms with E-state index in [-0.39, 0.29) is 0 Å². The second kappa shape index (κ2) is 13.1. The lowest BCUT2D eigenvalue weighted by Gasteiger charge is -2.25. The SMILES string of the molecule is COc1cc(CN(C)C[C@@H](O)COC2CCCCC2)ccc1OCCCN(C)C. The van der Waals surface area contributed by atoms with Crippen LogP contribution in [0.2, 0.25) is 0 Å². The fourth-order valence-corrected chi connectivity index (χ4v) is 3.76. The van der Waals surface area contributed by atoms with Gasteiger partial charge < -0.3 is 24.2 Å². The van der Waals surface area contributed by atoms with Gasteiger partial charge in [-0.25, -0.2) is 0 Å². The third-order valence-corrected chi connectivity index (χ3v) is 5.29. The highest BCUT2D eigenvalue weighted by Crippen LogP contribution is 2.28. The molecule has 0 aromatic heterocycles. The fraction of sp³-hybridized carbons (Fsp3) is 0.739. The molecule has 1 saturated carbocycles. The zero-order chi connectivity index (χ0) is 21.1. The third kappa shape index (κ3) is 9.34. The molecule has 1 aromatic carbocycles. The van der Waals surface area contributed by atoms with Crippen molar-refractivity contribution in [2.45, 2.75) is 57.3 Å². The zero-order valence-electron chi connectivity index (χ0n) is 18.7. The Morgan fingerprint density at radius 1 is 1.10 bits per heavy atom. The van der Waals surface area contributed by atoms with Crippen molar-refractivity contribution in [3.05, 3.63) is 23.8 Å². The van der Waals surface area contributed by atoms with E-state index < -0.39 is 6.10 Å². The quantitative estimate of drug-likeness (QED) is 0.506. The molecule has 0 unspecified atom stereocenters. The molecular weight excluding hydrogens is 368 g/mol. The highest BCUT2D eigenvalue weighted by molar-refractivity contribution is 5.42. The van der Waals surface area contributed by atoms with Crippen molar-refractivity contribution < 1.29 is 19.3 Å². The van der Waals surface area contributed by atoms with Crippen molar-refractivity contribution in [1.82, 2.24) is 9.80 Å². The van der Waals surface area contributed by atoms with Crippen LogP contribution in [0.25, 0.3) is 0 Å². The minimum absolute atomic E-state index is 0.332. The van der Waals surface area contributed by atoms with E-state index in [1.807, 2.05) is 19.2 Å². The van der Waals surface area contributed by atoms with E-state index in [1.165, 1.54) is 19.3 Å². The van der Waals surface area contributed by atoms with Gasteiger partial charge in [0.05, 0.1) is 32.5 Å². The van der Waals surface area contributed by atoms with Crippen LogP contribution >= 0.6 is 0 Å². The smallest absolute Gasteiger partial charge is 0.161 e. The van der Waals surface area contributed by atoms with Crippen molar-refractivity contribution in [3.63, 3.8) is 0 Å². The number of likely N-dealkylation sites (N-methyl/N-ethyl adjacent to an activating group) is 1. The van der Waals surface area contributed by atoms with E-state index in [0.717, 1.165) is 49.4 Å². The lowest BCUT2D eigenvalue weighted by molar-refractivity contribution is -0.0319. The molecule has 6 heteroatoms. The molecule has 0 saturated heterocycles. The Bertz CT molecular complexity index is 576. The van der Waals surface area contributed by atoms with Crippen molar-refractivity contribution >= 4 is 0 Å². The van der Waals surface area contributed by atoms with Crippen molar-refractivity contribution in [2.75, 3.05) is 54.6 Å². The molecule has 1 aromatic rings. The maximum absolute atomic E-state index is 10.3. The lowest BCUT2D eigenvalue weighted by atomic mass is 9.98. The number of benzene rings is 1. The molecule has 166 valence electrons. The molecule has 29 heavy (non-hydrogen) atoms. The van der Waals surface area contributed by atoms with Crippen molar-refractivity contribution in [2.24, 2.45) is 0 Å². The lowest BCUT2D eigenvalue weighted by Crippen LogP contribution is -2.33. The largest absolute Gasteiger partial charge is 0.493 e. The van der Waals surface area contributed by atoms with Crippen LogP contribution in [0.1, 0.15) is 44.1 Å². The Hall–Kier alpha value is -1.34. The number of methoxy groups -OCH3 is 1. The summed E-state index contributed by atoms with van der Waals surface area (Å²) in [6, 6.07) is 6.05. The number of aliphatic hydroxyl groups is 1. The Labute approximate surface area is 176 Å². The summed E-state index contributed by atoms with van der Waals surface area (Å²) < 4.78 is 17.3. The predicted molar refractivity (Wildman–Crippen MR) is 117 cm³/mol. The second-order valence-corrected chi connectivity index (χ2v) is 8.43. The normalized spacial score (nSPS) is 16.4. The molecule has 1 fully saturated rings. The molecule has 6 nitrogen and oxygen atoms in total. The highest BCUT2D eigenvalue weighted by atomic mass is 16.5. The van der Waals surface area contributed by atoms with E-state index in [1.54, 1.807) is 7.11 Å². The van der Waals surface area contributed by atoms with Gasteiger partial charge in [-0.15, -0.1) is 0 Å². The maximum Gasteiger partial charge on any atom is 0.161 e. The summed E-state index contributed by atoms with van der Waals surface area (Å²) in [7, 11) is 7.81. The van der Waals surface area contributed by atoms with Crippen LogP contribution in [0.15, 0.2) is 18.2 Å². The topological polar surface area (TPSA) is 54.4 Å². The van der Waals surface area contributed by atoms with Gasteiger partial charge in [-0.2, -0.15) is 0 Å². The number of aliphatic hydroxyl groups excluding tert-OH is 1. The maximum atomic E-state index is 10.3. The summed E-state index contributed by atoms with van der Waals surface area (Å²) in [6.45, 7) is 3.40. The van der Waals surface area contributed by atoms with Crippen LogP contribution in [0.3, 0.4) is 0 Å². The first-order chi connectivity index (χ1) is 14.0. The summed E-state index contributed by atoms with van der Waals surface area (Å²) >= 11 is 0. The van der Waals surface area contributed by atoms with Gasteiger partial charge in [0.2, 0.25) is 0 Å². The summed E-state index contributed by atoms with van der Waals surface area (Å²) in [5, 5.41) is 10.3. The standard InChI is InChI=1S/C23H40N2O4/c1-24(2)13-8-14-28-22-12-11-19(15-23(22)27-4)16-25(3)17-20(26)18-29-21-9-6-5-7-10-21/h11-12,15,20-21,26H,5-10,13-14,16-18H2,1-4H3/t20-/m1/s1. The van der Waals surface area contributed by atoms with Gasteiger partial charge in [0, 0.05) is 19.6 Å². The third-order valence-electron chi connectivity index (χ3n) is 5.29. The van der Waals surface area contributed by atoms with Crippen LogP contribution in [0, 0.1) is 0 Å². The molecule has 1 aliphatic rings. The van der Waals surface area contributed by atoms with E-state index in [2.05, 4.69) is 30.0 Å². The monoisotopic (exact) mass is 408 g/mol. The number of ether oxygens (including phenoxy) is 3. The minimum Gasteiger partial charge on any atom is -0.493 e. The summed E-state index contributed by atoms with van der Waals surface area (Å²) in [5.41, 5.74) is 1.13. The van der Waals surface area contributed by atoms with Gasteiger partial charge in [-0.3, -0.25) is 4.90 Å². The average Bonchev–Trinajstić information content (AvgIpc) is 2.71.